The lowest BCUT2D eigenvalue weighted by Gasteiger charge is -2.20. The highest BCUT2D eigenvalue weighted by Crippen LogP contribution is 2.44. The van der Waals surface area contributed by atoms with Gasteiger partial charge in [0, 0.05) is 32.4 Å². The molecule has 182 valence electrons. The van der Waals surface area contributed by atoms with Gasteiger partial charge in [0.2, 0.25) is 12.3 Å². The molecule has 8 nitrogen and oxygen atoms in total. The van der Waals surface area contributed by atoms with Crippen molar-refractivity contribution in [2.75, 3.05) is 20.3 Å². The number of halogens is 2. The Morgan fingerprint density at radius 1 is 1.03 bits per heavy atom. The van der Waals surface area contributed by atoms with Gasteiger partial charge in [-0.05, 0) is 22.3 Å². The average Bonchev–Trinajstić information content (AvgIpc) is 3.13. The molecule has 2 atom stereocenters. The first-order chi connectivity index (χ1) is 16.3. The molecule has 1 aliphatic carbocycles. The minimum Gasteiger partial charge on any atom is -0.479 e. The van der Waals surface area contributed by atoms with Crippen molar-refractivity contribution in [1.29, 1.82) is 0 Å². The van der Waals surface area contributed by atoms with Crippen molar-refractivity contribution in [3.05, 3.63) is 59.7 Å². The van der Waals surface area contributed by atoms with Gasteiger partial charge in [0.25, 0.3) is 0 Å². The fraction of sp³-hybridized carbons (Fsp3) is 0.375. The molecule has 3 rings (SSSR count). The second kappa shape index (κ2) is 11.6. The summed E-state index contributed by atoms with van der Waals surface area (Å²) in [5.74, 6) is -2.30. The van der Waals surface area contributed by atoms with Gasteiger partial charge in [-0.1, -0.05) is 48.5 Å². The normalized spacial score (nSPS) is 14.1. The topological polar surface area (TPSA) is 114 Å². The van der Waals surface area contributed by atoms with E-state index in [4.69, 9.17) is 14.6 Å². The van der Waals surface area contributed by atoms with Crippen molar-refractivity contribution >= 4 is 18.0 Å². The van der Waals surface area contributed by atoms with Crippen molar-refractivity contribution in [2.45, 2.75) is 37.3 Å². The summed E-state index contributed by atoms with van der Waals surface area (Å²) in [6.45, 7) is -0.160. The van der Waals surface area contributed by atoms with E-state index in [1.54, 1.807) is 0 Å². The Morgan fingerprint density at radius 3 is 2.15 bits per heavy atom. The molecule has 10 heteroatoms. The van der Waals surface area contributed by atoms with Gasteiger partial charge in [-0.3, -0.25) is 4.79 Å². The maximum absolute atomic E-state index is 13.0. The number of alkyl carbamates (subject to hydrolysis) is 1. The van der Waals surface area contributed by atoms with Gasteiger partial charge in [-0.15, -0.1) is 0 Å². The summed E-state index contributed by atoms with van der Waals surface area (Å²) in [5, 5.41) is 13.5. The zero-order valence-electron chi connectivity index (χ0n) is 18.5. The number of ether oxygens (including phenoxy) is 2. The fourth-order valence-electron chi connectivity index (χ4n) is 3.98. The van der Waals surface area contributed by atoms with Crippen LogP contribution < -0.4 is 10.6 Å². The summed E-state index contributed by atoms with van der Waals surface area (Å²) in [7, 11) is 1.21. The lowest BCUT2D eigenvalue weighted by Crippen LogP contribution is -2.48. The number of methoxy groups -OCH3 is 1. The van der Waals surface area contributed by atoms with Crippen LogP contribution in [0.4, 0.5) is 13.6 Å². The third kappa shape index (κ3) is 6.07. The molecule has 0 aliphatic heterocycles. The van der Waals surface area contributed by atoms with Gasteiger partial charge in [-0.25, -0.2) is 18.4 Å². The molecule has 0 saturated heterocycles. The number of aliphatic carboxylic acids is 1. The number of hydrogen-bond acceptors (Lipinski definition) is 5. The average molecular weight is 476 g/mol. The van der Waals surface area contributed by atoms with E-state index in [9.17, 15) is 23.2 Å². The molecule has 2 aromatic rings. The van der Waals surface area contributed by atoms with Crippen LogP contribution in [0.5, 0.6) is 0 Å². The van der Waals surface area contributed by atoms with Crippen LogP contribution in [0.2, 0.25) is 0 Å². The van der Waals surface area contributed by atoms with Crippen LogP contribution in [0.1, 0.15) is 29.9 Å². The summed E-state index contributed by atoms with van der Waals surface area (Å²) in [5.41, 5.74) is 4.06. The second-order valence-corrected chi connectivity index (χ2v) is 7.79. The molecule has 2 unspecified atom stereocenters. The largest absolute Gasteiger partial charge is 0.479 e. The summed E-state index contributed by atoms with van der Waals surface area (Å²) < 4.78 is 36.1. The number of benzene rings is 2. The van der Waals surface area contributed by atoms with Crippen molar-refractivity contribution in [3.8, 4) is 11.1 Å². The fourth-order valence-corrected chi connectivity index (χ4v) is 3.98. The molecule has 0 fully saturated rings. The Kier molecular flexibility index (Phi) is 8.53. The second-order valence-electron chi connectivity index (χ2n) is 7.79. The van der Waals surface area contributed by atoms with Gasteiger partial charge >= 0.3 is 12.1 Å². The van der Waals surface area contributed by atoms with Crippen molar-refractivity contribution in [1.82, 2.24) is 10.6 Å². The quantitative estimate of drug-likeness (QED) is 0.459. The minimum atomic E-state index is -2.85. The lowest BCUT2D eigenvalue weighted by molar-refractivity contribution is -0.149. The summed E-state index contributed by atoms with van der Waals surface area (Å²) in [6, 6.07) is 13.9. The van der Waals surface area contributed by atoms with E-state index in [-0.39, 0.29) is 25.5 Å². The number of alkyl halides is 2. The number of rotatable bonds is 11. The van der Waals surface area contributed by atoms with E-state index in [2.05, 4.69) is 10.6 Å². The Balaban J connectivity index is 1.59. The standard InChI is InChI=1S/C24H26F2N2O6/c1-33-20(23(30)31)10-11-27-22(29)19(12-21(25)26)28-24(32)34-13-18-16-8-4-2-6-14(16)15-7-3-5-9-17(15)18/h2-9,18-21H,10-13H2,1H3,(H,27,29)(H,28,32)(H,30,31). The smallest absolute Gasteiger partial charge is 0.407 e. The molecule has 0 saturated carbocycles. The first-order valence-corrected chi connectivity index (χ1v) is 10.7. The van der Waals surface area contributed by atoms with Gasteiger partial charge in [0.05, 0.1) is 0 Å². The van der Waals surface area contributed by atoms with Crippen molar-refractivity contribution in [3.63, 3.8) is 0 Å². The predicted molar refractivity (Wildman–Crippen MR) is 119 cm³/mol. The first-order valence-electron chi connectivity index (χ1n) is 10.7. The molecular weight excluding hydrogens is 450 g/mol. The van der Waals surface area contributed by atoms with Gasteiger partial charge in [-0.2, -0.15) is 0 Å². The van der Waals surface area contributed by atoms with E-state index in [1.165, 1.54) is 7.11 Å². The zero-order chi connectivity index (χ0) is 24.7. The Labute approximate surface area is 195 Å². The number of amides is 2. The maximum atomic E-state index is 13.0. The van der Waals surface area contributed by atoms with Crippen LogP contribution in [0.15, 0.2) is 48.5 Å². The number of carboxylic acids is 1. The maximum Gasteiger partial charge on any atom is 0.407 e. The molecule has 1 aliphatic rings. The number of nitrogens with one attached hydrogen (secondary N) is 2. The van der Waals surface area contributed by atoms with E-state index < -0.39 is 43.0 Å². The molecule has 0 aromatic heterocycles. The molecule has 2 amide bonds. The van der Waals surface area contributed by atoms with E-state index in [1.807, 2.05) is 48.5 Å². The first kappa shape index (κ1) is 25.1. The number of hydrogen-bond donors (Lipinski definition) is 3. The predicted octanol–water partition coefficient (Wildman–Crippen LogP) is 3.15. The van der Waals surface area contributed by atoms with E-state index in [0.29, 0.717) is 0 Å². The lowest BCUT2D eigenvalue weighted by atomic mass is 9.98. The highest BCUT2D eigenvalue weighted by molar-refractivity contribution is 5.86. The molecule has 3 N–H and O–H groups in total. The molecule has 0 bridgehead atoms. The van der Waals surface area contributed by atoms with Crippen molar-refractivity contribution < 1.29 is 37.7 Å². The van der Waals surface area contributed by atoms with Crippen LogP contribution in [0.3, 0.4) is 0 Å². The Bertz CT molecular complexity index is 987. The van der Waals surface area contributed by atoms with Gasteiger partial charge < -0.3 is 25.2 Å². The SMILES string of the molecule is COC(CCNC(=O)C(CC(F)F)NC(=O)OCC1c2ccccc2-c2ccccc21)C(=O)O. The molecule has 0 heterocycles. The molecule has 0 spiro atoms. The van der Waals surface area contributed by atoms with Gasteiger partial charge in [0.15, 0.2) is 6.10 Å². The molecule has 0 radical (unpaired) electrons. The number of carbonyl (C=O) groups is 3. The third-order valence-corrected chi connectivity index (χ3v) is 5.63. The van der Waals surface area contributed by atoms with Crippen LogP contribution in [-0.2, 0) is 19.1 Å². The number of carboxylic acid groups (broad SMARTS) is 1. The van der Waals surface area contributed by atoms with Crippen LogP contribution >= 0.6 is 0 Å². The minimum absolute atomic E-state index is 0.0307. The third-order valence-electron chi connectivity index (χ3n) is 5.63. The zero-order valence-corrected chi connectivity index (χ0v) is 18.5. The Hall–Kier alpha value is -3.53. The highest BCUT2D eigenvalue weighted by Gasteiger charge is 2.30. The van der Waals surface area contributed by atoms with Gasteiger partial charge in [0.1, 0.15) is 12.6 Å². The monoisotopic (exact) mass is 476 g/mol. The summed E-state index contributed by atoms with van der Waals surface area (Å²) in [4.78, 5) is 35.7. The molecule has 34 heavy (non-hydrogen) atoms. The van der Waals surface area contributed by atoms with Crippen LogP contribution in [-0.4, -0.2) is 61.9 Å². The van der Waals surface area contributed by atoms with E-state index >= 15 is 0 Å². The van der Waals surface area contributed by atoms with Crippen LogP contribution in [0.25, 0.3) is 11.1 Å². The Morgan fingerprint density at radius 2 is 1.62 bits per heavy atom. The highest BCUT2D eigenvalue weighted by atomic mass is 19.3. The molecule has 2 aromatic carbocycles. The number of fused-ring (bicyclic) bond motifs is 3. The van der Waals surface area contributed by atoms with Crippen molar-refractivity contribution in [2.24, 2.45) is 0 Å². The summed E-state index contributed by atoms with van der Waals surface area (Å²) in [6.07, 6.45) is -5.98. The van der Waals surface area contributed by atoms with Crippen LogP contribution in [0, 0.1) is 0 Å². The number of carbonyl (C=O) groups excluding carboxylic acids is 2. The molecular formula is C24H26F2N2O6. The summed E-state index contributed by atoms with van der Waals surface area (Å²) >= 11 is 0. The van der Waals surface area contributed by atoms with E-state index in [0.717, 1.165) is 22.3 Å².